The largest absolute Gasteiger partial charge is 0.497 e. The third-order valence-corrected chi connectivity index (χ3v) is 2.75. The van der Waals surface area contributed by atoms with Crippen molar-refractivity contribution in [2.24, 2.45) is 0 Å². The monoisotopic (exact) mass is 232 g/mol. The minimum Gasteiger partial charge on any atom is -0.497 e. The average Bonchev–Trinajstić information content (AvgIpc) is 2.37. The van der Waals surface area contributed by atoms with Gasteiger partial charge in [0.25, 0.3) is 0 Å². The van der Waals surface area contributed by atoms with Gasteiger partial charge in [-0.15, -0.1) is 0 Å². The van der Waals surface area contributed by atoms with E-state index in [1.165, 1.54) is 0 Å². The molecular formula is C13H16N2O2. The Labute approximate surface area is 100 Å². The van der Waals surface area contributed by atoms with Crippen LogP contribution < -0.4 is 15.2 Å². The van der Waals surface area contributed by atoms with E-state index in [1.54, 1.807) is 14.2 Å². The Hall–Kier alpha value is -1.97. The molecule has 4 nitrogen and oxygen atoms in total. The number of aromatic nitrogens is 1. The Morgan fingerprint density at radius 3 is 2.53 bits per heavy atom. The summed E-state index contributed by atoms with van der Waals surface area (Å²) in [6.07, 6.45) is 0.843. The minimum absolute atomic E-state index is 0.682. The lowest BCUT2D eigenvalue weighted by Gasteiger charge is -2.11. The number of pyridine rings is 1. The first kappa shape index (κ1) is 11.5. The summed E-state index contributed by atoms with van der Waals surface area (Å²) in [5.41, 5.74) is 8.47. The molecule has 1 aromatic carbocycles. The molecule has 0 radical (unpaired) electrons. The second-order valence-electron chi connectivity index (χ2n) is 3.78. The maximum absolute atomic E-state index is 6.03. The van der Waals surface area contributed by atoms with E-state index >= 15 is 0 Å². The minimum atomic E-state index is 0.682. The zero-order valence-corrected chi connectivity index (χ0v) is 10.3. The Balaban J connectivity index is 2.79. The topological polar surface area (TPSA) is 57.4 Å². The molecule has 0 saturated heterocycles. The highest BCUT2D eigenvalue weighted by atomic mass is 16.5. The summed E-state index contributed by atoms with van der Waals surface area (Å²) in [7, 11) is 3.23. The van der Waals surface area contributed by atoms with Gasteiger partial charge in [-0.2, -0.15) is 0 Å². The van der Waals surface area contributed by atoms with Gasteiger partial charge in [-0.05, 0) is 18.6 Å². The van der Waals surface area contributed by atoms with Gasteiger partial charge < -0.3 is 15.2 Å². The van der Waals surface area contributed by atoms with Crippen LogP contribution in [0, 0.1) is 0 Å². The number of nitrogens with two attached hydrogens (primary N) is 1. The van der Waals surface area contributed by atoms with Crippen LogP contribution in [0.5, 0.6) is 11.5 Å². The zero-order valence-electron chi connectivity index (χ0n) is 10.3. The molecule has 0 bridgehead atoms. The molecule has 2 N–H and O–H groups in total. The average molecular weight is 232 g/mol. The van der Waals surface area contributed by atoms with Crippen LogP contribution in [0.1, 0.15) is 12.6 Å². The van der Waals surface area contributed by atoms with Crippen molar-refractivity contribution in [2.75, 3.05) is 20.0 Å². The zero-order chi connectivity index (χ0) is 12.4. The molecule has 1 aromatic heterocycles. The summed E-state index contributed by atoms with van der Waals surface area (Å²) in [5, 5.41) is 0.860. The number of rotatable bonds is 3. The number of nitrogen functional groups attached to an aromatic ring is 1. The van der Waals surface area contributed by atoms with Gasteiger partial charge in [0.05, 0.1) is 14.2 Å². The van der Waals surface area contributed by atoms with Gasteiger partial charge >= 0.3 is 0 Å². The van der Waals surface area contributed by atoms with Gasteiger partial charge in [-0.25, -0.2) is 4.98 Å². The summed E-state index contributed by atoms with van der Waals surface area (Å²) in [6.45, 7) is 2.05. The Morgan fingerprint density at radius 2 is 1.94 bits per heavy atom. The molecule has 0 fully saturated rings. The first-order chi connectivity index (χ1) is 8.19. The fourth-order valence-electron chi connectivity index (χ4n) is 1.81. The number of anilines is 1. The van der Waals surface area contributed by atoms with Crippen LogP contribution in [-0.4, -0.2) is 19.2 Å². The van der Waals surface area contributed by atoms with Gasteiger partial charge in [0.1, 0.15) is 17.0 Å². The number of fused-ring (bicyclic) bond motifs is 1. The van der Waals surface area contributed by atoms with E-state index in [1.807, 2.05) is 25.1 Å². The first-order valence-corrected chi connectivity index (χ1v) is 5.50. The highest BCUT2D eigenvalue weighted by molar-refractivity contribution is 5.95. The molecule has 1 heterocycles. The normalized spacial score (nSPS) is 10.5. The van der Waals surface area contributed by atoms with Crippen LogP contribution in [0.3, 0.4) is 0 Å². The van der Waals surface area contributed by atoms with Crippen molar-refractivity contribution in [3.8, 4) is 11.5 Å². The van der Waals surface area contributed by atoms with Gasteiger partial charge in [-0.3, -0.25) is 0 Å². The number of benzene rings is 1. The van der Waals surface area contributed by atoms with Crippen molar-refractivity contribution in [1.82, 2.24) is 4.98 Å². The van der Waals surface area contributed by atoms with E-state index in [2.05, 4.69) is 4.98 Å². The summed E-state index contributed by atoms with van der Waals surface area (Å²) in [6, 6.07) is 5.58. The second-order valence-corrected chi connectivity index (χ2v) is 3.78. The Kier molecular flexibility index (Phi) is 3.04. The molecule has 0 atom stereocenters. The lowest BCUT2D eigenvalue weighted by molar-refractivity contribution is 0.397. The van der Waals surface area contributed by atoms with E-state index < -0.39 is 0 Å². The van der Waals surface area contributed by atoms with Gasteiger partial charge in [-0.1, -0.05) is 6.92 Å². The number of hydrogen-bond acceptors (Lipinski definition) is 4. The molecular weight excluding hydrogens is 216 g/mol. The first-order valence-electron chi connectivity index (χ1n) is 5.50. The molecule has 4 heteroatoms. The van der Waals surface area contributed by atoms with E-state index in [0.717, 1.165) is 23.0 Å². The number of methoxy groups -OCH3 is 2. The number of ether oxygens (including phenoxy) is 2. The van der Waals surface area contributed by atoms with Crippen LogP contribution in [0.15, 0.2) is 18.2 Å². The van der Waals surface area contributed by atoms with Gasteiger partial charge in [0.2, 0.25) is 0 Å². The highest BCUT2D eigenvalue weighted by Gasteiger charge is 2.10. The fourth-order valence-corrected chi connectivity index (χ4v) is 1.81. The number of hydrogen-bond donors (Lipinski definition) is 1. The molecule has 0 aliphatic rings. The predicted molar refractivity (Wildman–Crippen MR) is 68.6 cm³/mol. The van der Waals surface area contributed by atoms with E-state index in [-0.39, 0.29) is 0 Å². The summed E-state index contributed by atoms with van der Waals surface area (Å²) < 4.78 is 10.5. The Morgan fingerprint density at radius 1 is 1.18 bits per heavy atom. The quantitative estimate of drug-likeness (QED) is 0.882. The lowest BCUT2D eigenvalue weighted by Crippen LogP contribution is -1.97. The molecule has 0 aliphatic carbocycles. The van der Waals surface area contributed by atoms with Crippen LogP contribution in [-0.2, 0) is 6.42 Å². The molecule has 17 heavy (non-hydrogen) atoms. The second kappa shape index (κ2) is 4.49. The number of nitrogens with zero attached hydrogens (tertiary/aromatic N) is 1. The van der Waals surface area contributed by atoms with E-state index in [0.29, 0.717) is 17.2 Å². The third-order valence-electron chi connectivity index (χ3n) is 2.75. The maximum atomic E-state index is 6.03. The van der Waals surface area contributed by atoms with Crippen LogP contribution in [0.2, 0.25) is 0 Å². The molecule has 2 rings (SSSR count). The standard InChI is InChI=1S/C13H16N2O2/c1-4-8-5-11(14)10-6-9(16-2)7-12(17-3)13(10)15-8/h5-7H,4H2,1-3H3,(H2,14,15). The SMILES string of the molecule is CCc1cc(N)c2cc(OC)cc(OC)c2n1. The molecule has 0 spiro atoms. The highest BCUT2D eigenvalue weighted by Crippen LogP contribution is 2.33. The van der Waals surface area contributed by atoms with E-state index in [9.17, 15) is 0 Å². The maximum Gasteiger partial charge on any atom is 0.148 e. The van der Waals surface area contributed by atoms with Crippen molar-refractivity contribution >= 4 is 16.6 Å². The van der Waals surface area contributed by atoms with Crippen molar-refractivity contribution < 1.29 is 9.47 Å². The fraction of sp³-hybridized carbons (Fsp3) is 0.308. The van der Waals surface area contributed by atoms with Gasteiger partial charge in [0.15, 0.2) is 0 Å². The van der Waals surface area contributed by atoms with Crippen molar-refractivity contribution in [2.45, 2.75) is 13.3 Å². The van der Waals surface area contributed by atoms with Crippen molar-refractivity contribution in [3.63, 3.8) is 0 Å². The molecule has 0 saturated carbocycles. The summed E-state index contributed by atoms with van der Waals surface area (Å²) in [4.78, 5) is 4.54. The smallest absolute Gasteiger partial charge is 0.148 e. The lowest BCUT2D eigenvalue weighted by atomic mass is 10.1. The van der Waals surface area contributed by atoms with Crippen LogP contribution in [0.25, 0.3) is 10.9 Å². The molecule has 0 unspecified atom stereocenters. The van der Waals surface area contributed by atoms with E-state index in [4.69, 9.17) is 15.2 Å². The molecule has 2 aromatic rings. The van der Waals surface area contributed by atoms with Crippen LogP contribution in [0.4, 0.5) is 5.69 Å². The molecule has 0 aliphatic heterocycles. The van der Waals surface area contributed by atoms with Crippen molar-refractivity contribution in [1.29, 1.82) is 0 Å². The van der Waals surface area contributed by atoms with Crippen LogP contribution >= 0.6 is 0 Å². The molecule has 0 amide bonds. The third kappa shape index (κ3) is 1.98. The van der Waals surface area contributed by atoms with Crippen molar-refractivity contribution in [3.05, 3.63) is 23.9 Å². The summed E-state index contributed by atoms with van der Waals surface area (Å²) >= 11 is 0. The summed E-state index contributed by atoms with van der Waals surface area (Å²) in [5.74, 6) is 1.40. The predicted octanol–water partition coefficient (Wildman–Crippen LogP) is 2.40. The van der Waals surface area contributed by atoms with Gasteiger partial charge in [0, 0.05) is 22.8 Å². The molecule has 90 valence electrons. The number of aryl methyl sites for hydroxylation is 1. The Bertz CT molecular complexity index is 553.